The molecule has 1 aromatic heterocycles. The normalized spacial score (nSPS) is 14.6. The summed E-state index contributed by atoms with van der Waals surface area (Å²) in [5, 5.41) is 17.1. The van der Waals surface area contributed by atoms with Crippen LogP contribution in [0.15, 0.2) is 35.2 Å². The Bertz CT molecular complexity index is 866. The van der Waals surface area contributed by atoms with E-state index in [-0.39, 0.29) is 4.90 Å². The molecule has 6 nitrogen and oxygen atoms in total. The predicted octanol–water partition coefficient (Wildman–Crippen LogP) is 2.04. The van der Waals surface area contributed by atoms with Crippen LogP contribution in [0.3, 0.4) is 0 Å². The van der Waals surface area contributed by atoms with E-state index in [0.717, 1.165) is 23.1 Å². The molecule has 0 unspecified atom stereocenters. The molecular weight excluding hydrogens is 328 g/mol. The Labute approximate surface area is 141 Å². The maximum Gasteiger partial charge on any atom is 0.238 e. The largest absolute Gasteiger partial charge is 0.618 e. The number of primary sulfonamides is 1. The van der Waals surface area contributed by atoms with E-state index in [4.69, 9.17) is 9.88 Å². The van der Waals surface area contributed by atoms with Crippen LogP contribution in [-0.4, -0.2) is 15.0 Å². The third kappa shape index (κ3) is 3.52. The van der Waals surface area contributed by atoms with Crippen molar-refractivity contribution < 1.29 is 17.9 Å². The summed E-state index contributed by atoms with van der Waals surface area (Å²) in [7, 11) is -3.82. The Morgan fingerprint density at radius 2 is 1.83 bits per heavy atom. The minimum Gasteiger partial charge on any atom is -0.618 e. The summed E-state index contributed by atoms with van der Waals surface area (Å²) < 4.78 is 30.1. The number of nitrogens with zero attached hydrogens (tertiary/aromatic N) is 1. The van der Waals surface area contributed by atoms with E-state index >= 15 is 0 Å². The average Bonchev–Trinajstić information content (AvgIpc) is 3.33. The van der Waals surface area contributed by atoms with Gasteiger partial charge in [-0.05, 0) is 42.5 Å². The van der Waals surface area contributed by atoms with E-state index in [2.05, 4.69) is 0 Å². The van der Waals surface area contributed by atoms with E-state index in [1.807, 2.05) is 0 Å². The van der Waals surface area contributed by atoms with Crippen molar-refractivity contribution in [1.29, 1.82) is 0 Å². The summed E-state index contributed by atoms with van der Waals surface area (Å²) in [5.74, 6) is 1.16. The van der Waals surface area contributed by atoms with Gasteiger partial charge in [0.05, 0.1) is 11.5 Å². The van der Waals surface area contributed by atoms with Gasteiger partial charge in [-0.15, -0.1) is 0 Å². The number of aromatic nitrogens is 1. The number of hydrogen-bond donors (Lipinski definition) is 1. The van der Waals surface area contributed by atoms with Gasteiger partial charge in [0, 0.05) is 31.5 Å². The fourth-order valence-electron chi connectivity index (χ4n) is 2.57. The molecule has 1 saturated carbocycles. The van der Waals surface area contributed by atoms with Crippen LogP contribution in [0.1, 0.15) is 24.2 Å². The van der Waals surface area contributed by atoms with Crippen molar-refractivity contribution in [3.8, 4) is 16.9 Å². The number of rotatable bonds is 5. The summed E-state index contributed by atoms with van der Waals surface area (Å²) in [6, 6.07) is 8.00. The summed E-state index contributed by atoms with van der Waals surface area (Å²) in [6.07, 6.45) is 2.31. The predicted molar refractivity (Wildman–Crippen MR) is 89.9 cm³/mol. The molecule has 1 aliphatic carbocycles. The van der Waals surface area contributed by atoms with Crippen molar-refractivity contribution in [2.24, 2.45) is 11.1 Å². The molecule has 7 heteroatoms. The number of pyridine rings is 1. The van der Waals surface area contributed by atoms with E-state index < -0.39 is 10.0 Å². The third-order valence-electron chi connectivity index (χ3n) is 4.13. The second-order valence-electron chi connectivity index (χ2n) is 6.28. The first-order chi connectivity index (χ1) is 11.3. The summed E-state index contributed by atoms with van der Waals surface area (Å²) in [5.41, 5.74) is 2.40. The van der Waals surface area contributed by atoms with Crippen LogP contribution in [0.25, 0.3) is 11.1 Å². The molecule has 0 amide bonds. The fraction of sp³-hybridized carbons (Fsp3) is 0.353. The Morgan fingerprint density at radius 1 is 1.21 bits per heavy atom. The van der Waals surface area contributed by atoms with E-state index in [1.54, 1.807) is 32.0 Å². The number of nitrogens with two attached hydrogens (primary N) is 1. The molecule has 2 N–H and O–H groups in total. The molecule has 3 rings (SSSR count). The molecule has 0 spiro atoms. The van der Waals surface area contributed by atoms with Gasteiger partial charge in [0.2, 0.25) is 10.0 Å². The Morgan fingerprint density at radius 3 is 2.38 bits per heavy atom. The number of ether oxygens (including phenoxy) is 1. The highest BCUT2D eigenvalue weighted by molar-refractivity contribution is 7.89. The van der Waals surface area contributed by atoms with Gasteiger partial charge in [0.25, 0.3) is 0 Å². The molecule has 0 aliphatic heterocycles. The van der Waals surface area contributed by atoms with Crippen LogP contribution in [0, 0.1) is 25.0 Å². The zero-order chi connectivity index (χ0) is 17.5. The zero-order valence-electron chi connectivity index (χ0n) is 13.7. The molecule has 128 valence electrons. The molecule has 2 aromatic rings. The summed E-state index contributed by atoms with van der Waals surface area (Å²) in [6.45, 7) is 4.02. The lowest BCUT2D eigenvalue weighted by atomic mass is 10.0. The molecule has 1 aliphatic rings. The van der Waals surface area contributed by atoms with Crippen LogP contribution in [-0.2, 0) is 10.0 Å². The van der Waals surface area contributed by atoms with E-state index in [0.29, 0.717) is 35.2 Å². The molecule has 0 radical (unpaired) electrons. The minimum absolute atomic E-state index is 0.0189. The van der Waals surface area contributed by atoms with Crippen molar-refractivity contribution in [3.05, 3.63) is 46.9 Å². The zero-order valence-corrected chi connectivity index (χ0v) is 14.5. The van der Waals surface area contributed by atoms with Crippen LogP contribution in [0.5, 0.6) is 5.75 Å². The summed E-state index contributed by atoms with van der Waals surface area (Å²) >= 11 is 0. The smallest absolute Gasteiger partial charge is 0.238 e. The lowest BCUT2D eigenvalue weighted by Gasteiger charge is -2.14. The number of benzene rings is 1. The minimum atomic E-state index is -3.82. The first kappa shape index (κ1) is 16.7. The van der Waals surface area contributed by atoms with Gasteiger partial charge in [0.1, 0.15) is 5.75 Å². The molecule has 0 saturated heterocycles. The molecule has 24 heavy (non-hydrogen) atoms. The topological polar surface area (TPSA) is 96.3 Å². The lowest BCUT2D eigenvalue weighted by molar-refractivity contribution is -0.619. The van der Waals surface area contributed by atoms with Crippen molar-refractivity contribution in [2.45, 2.75) is 31.6 Å². The molecule has 0 bridgehead atoms. The van der Waals surface area contributed by atoms with Crippen molar-refractivity contribution in [2.75, 3.05) is 6.61 Å². The van der Waals surface area contributed by atoms with Gasteiger partial charge in [-0.3, -0.25) is 0 Å². The molecule has 1 heterocycles. The highest BCUT2D eigenvalue weighted by Gasteiger charge is 2.23. The van der Waals surface area contributed by atoms with Gasteiger partial charge in [-0.2, -0.15) is 4.73 Å². The van der Waals surface area contributed by atoms with Gasteiger partial charge < -0.3 is 9.94 Å². The van der Waals surface area contributed by atoms with Crippen LogP contribution >= 0.6 is 0 Å². The molecular formula is C17H20N2O4S. The Hall–Kier alpha value is -2.12. The quantitative estimate of drug-likeness (QED) is 0.660. The maximum atomic E-state index is 11.9. The third-order valence-corrected chi connectivity index (χ3v) is 5.04. The first-order valence-electron chi connectivity index (χ1n) is 7.76. The van der Waals surface area contributed by atoms with Crippen molar-refractivity contribution in [3.63, 3.8) is 0 Å². The van der Waals surface area contributed by atoms with Gasteiger partial charge in [-0.25, -0.2) is 13.6 Å². The maximum absolute atomic E-state index is 11.9. The van der Waals surface area contributed by atoms with Crippen molar-refractivity contribution >= 4 is 10.0 Å². The Balaban J connectivity index is 2.10. The number of sulfonamides is 1. The van der Waals surface area contributed by atoms with Crippen LogP contribution in [0.2, 0.25) is 0 Å². The number of aryl methyl sites for hydroxylation is 2. The van der Waals surface area contributed by atoms with Crippen molar-refractivity contribution in [1.82, 2.24) is 0 Å². The standard InChI is InChI=1S/C17H20N2O4S/c1-11-7-14(8-12(2)19(11)20)16-9-15(24(18,21)22)5-6-17(16)23-10-13-3-4-13/h5-9,13H,3-4,10H2,1-2H3,(H2,18,21,22). The average molecular weight is 348 g/mol. The van der Waals surface area contributed by atoms with Gasteiger partial charge >= 0.3 is 0 Å². The molecule has 1 fully saturated rings. The monoisotopic (exact) mass is 348 g/mol. The lowest BCUT2D eigenvalue weighted by Crippen LogP contribution is -2.33. The number of hydrogen-bond acceptors (Lipinski definition) is 4. The van der Waals surface area contributed by atoms with E-state index in [9.17, 15) is 13.6 Å². The van der Waals surface area contributed by atoms with E-state index in [1.165, 1.54) is 12.1 Å². The highest BCUT2D eigenvalue weighted by Crippen LogP contribution is 2.35. The van der Waals surface area contributed by atoms with Crippen LogP contribution in [0.4, 0.5) is 0 Å². The van der Waals surface area contributed by atoms with Gasteiger partial charge in [-0.1, -0.05) is 0 Å². The molecule has 0 atom stereocenters. The SMILES string of the molecule is Cc1cc(-c2cc(S(N)(=O)=O)ccc2OCC2CC2)cc(C)[n+]1[O-]. The highest BCUT2D eigenvalue weighted by atomic mass is 32.2. The second kappa shape index (κ2) is 6.07. The fourth-order valence-corrected chi connectivity index (χ4v) is 3.11. The van der Waals surface area contributed by atoms with Crippen LogP contribution < -0.4 is 14.6 Å². The first-order valence-corrected chi connectivity index (χ1v) is 9.31. The van der Waals surface area contributed by atoms with Gasteiger partial charge in [0.15, 0.2) is 11.4 Å². The Kier molecular flexibility index (Phi) is 4.23. The summed E-state index contributed by atoms with van der Waals surface area (Å²) in [4.78, 5) is 0.0189. The molecule has 1 aromatic carbocycles. The second-order valence-corrected chi connectivity index (χ2v) is 7.84.